The predicted octanol–water partition coefficient (Wildman–Crippen LogP) is 2.28. The zero-order chi connectivity index (χ0) is 19.6. The second-order valence-electron chi connectivity index (χ2n) is 6.71. The minimum atomic E-state index is -1.09. The number of benzene rings is 1. The monoisotopic (exact) mass is 370 g/mol. The Hall–Kier alpha value is -3.22. The number of nitrogens with two attached hydrogens (primary N) is 2. The third-order valence-electron chi connectivity index (χ3n) is 4.79. The number of anilines is 1. The highest BCUT2D eigenvalue weighted by atomic mass is 19.1. The normalized spacial score (nSPS) is 20.0. The number of rotatable bonds is 5. The summed E-state index contributed by atoms with van der Waals surface area (Å²) in [5.74, 6) is -0.0703. The second-order valence-corrected chi connectivity index (χ2v) is 6.71. The van der Waals surface area contributed by atoms with Gasteiger partial charge in [0.05, 0.1) is 6.54 Å². The van der Waals surface area contributed by atoms with Crippen LogP contribution in [0.25, 0.3) is 11.8 Å². The molecule has 1 fully saturated rings. The van der Waals surface area contributed by atoms with Crippen molar-refractivity contribution in [2.45, 2.75) is 12.6 Å². The van der Waals surface area contributed by atoms with Gasteiger partial charge < -0.3 is 26.5 Å². The lowest BCUT2D eigenvalue weighted by molar-refractivity contribution is -0.125. The summed E-state index contributed by atoms with van der Waals surface area (Å²) in [6.45, 7) is 3.87. The van der Waals surface area contributed by atoms with Crippen LogP contribution in [-0.4, -0.2) is 40.2 Å². The molecule has 0 aliphatic carbocycles. The van der Waals surface area contributed by atoms with E-state index in [0.29, 0.717) is 35.6 Å². The molecule has 3 rings (SSSR count). The second kappa shape index (κ2) is 7.57. The molecule has 1 aromatic carbocycles. The van der Waals surface area contributed by atoms with Crippen LogP contribution in [0.1, 0.15) is 16.8 Å². The number of para-hydroxylation sites is 1. The van der Waals surface area contributed by atoms with Gasteiger partial charge in [-0.1, -0.05) is 18.7 Å². The highest BCUT2D eigenvalue weighted by Gasteiger charge is 2.34. The number of phenols is 1. The van der Waals surface area contributed by atoms with Gasteiger partial charge in [0.25, 0.3) is 0 Å². The number of nitrogens with zero attached hydrogens (tertiary/aromatic N) is 1. The van der Waals surface area contributed by atoms with Gasteiger partial charge in [-0.3, -0.25) is 4.79 Å². The number of likely N-dealkylation sites (tertiary alicyclic amines) is 1. The Morgan fingerprint density at radius 3 is 2.85 bits per heavy atom. The Balaban J connectivity index is 1.75. The molecule has 1 aliphatic heterocycles. The molecule has 0 bridgehead atoms. The van der Waals surface area contributed by atoms with E-state index in [1.807, 2.05) is 6.07 Å². The van der Waals surface area contributed by atoms with E-state index in [9.17, 15) is 14.3 Å². The van der Waals surface area contributed by atoms with Crippen LogP contribution in [0.2, 0.25) is 0 Å². The summed E-state index contributed by atoms with van der Waals surface area (Å²) < 4.78 is 14.3. The lowest BCUT2D eigenvalue weighted by atomic mass is 10.0. The summed E-state index contributed by atoms with van der Waals surface area (Å²) in [5, 5.41) is 9.90. The van der Waals surface area contributed by atoms with Crippen LogP contribution < -0.4 is 11.5 Å². The maximum Gasteiger partial charge on any atom is 0.246 e. The lowest BCUT2D eigenvalue weighted by Gasteiger charge is -2.13. The molecule has 1 aliphatic rings. The van der Waals surface area contributed by atoms with Gasteiger partial charge >= 0.3 is 0 Å². The van der Waals surface area contributed by atoms with Crippen molar-refractivity contribution < 1.29 is 14.3 Å². The van der Waals surface area contributed by atoms with Crippen molar-refractivity contribution in [2.24, 2.45) is 11.7 Å². The smallest absolute Gasteiger partial charge is 0.246 e. The molecule has 0 spiro atoms. The Bertz CT molecular complexity index is 890. The van der Waals surface area contributed by atoms with Crippen LogP contribution in [-0.2, 0) is 11.2 Å². The topological polar surface area (TPSA) is 108 Å². The number of amides is 1. The van der Waals surface area contributed by atoms with Gasteiger partial charge in [-0.25, -0.2) is 4.39 Å². The standard InChI is InChI=1S/C20H23FN4O2/c1-2-19(27)25-10-13(16(21)11-25)8-14-7-12(20(23)24-14)9-17(22)15-5-3-4-6-18(15)26/h2-7,9,13,16,24,26H,1,8,10-11,22-23H2/b17-9-. The van der Waals surface area contributed by atoms with Gasteiger partial charge in [0.15, 0.2) is 0 Å². The molecule has 27 heavy (non-hydrogen) atoms. The Labute approximate surface area is 157 Å². The summed E-state index contributed by atoms with van der Waals surface area (Å²) in [6, 6.07) is 8.57. The Kier molecular flexibility index (Phi) is 5.21. The van der Waals surface area contributed by atoms with E-state index >= 15 is 0 Å². The number of nitrogens with one attached hydrogen (secondary N) is 1. The number of alkyl halides is 1. The van der Waals surface area contributed by atoms with Gasteiger partial charge in [-0.2, -0.15) is 0 Å². The maximum atomic E-state index is 14.3. The summed E-state index contributed by atoms with van der Waals surface area (Å²) in [6.07, 6.45) is 2.20. The number of nitrogen functional groups attached to an aromatic ring is 1. The van der Waals surface area contributed by atoms with Crippen molar-refractivity contribution in [2.75, 3.05) is 18.8 Å². The van der Waals surface area contributed by atoms with Gasteiger partial charge in [0.1, 0.15) is 17.7 Å². The van der Waals surface area contributed by atoms with Crippen LogP contribution in [0.15, 0.2) is 43.0 Å². The van der Waals surface area contributed by atoms with E-state index in [1.54, 1.807) is 30.3 Å². The first kappa shape index (κ1) is 18.6. The third kappa shape index (κ3) is 3.97. The first-order chi connectivity index (χ1) is 12.9. The molecule has 6 N–H and O–H groups in total. The molecule has 6 nitrogen and oxygen atoms in total. The molecule has 1 aromatic heterocycles. The van der Waals surface area contributed by atoms with E-state index in [4.69, 9.17) is 11.5 Å². The van der Waals surface area contributed by atoms with Crippen LogP contribution in [0.4, 0.5) is 10.2 Å². The molecule has 7 heteroatoms. The molecule has 2 aromatic rings. The summed E-state index contributed by atoms with van der Waals surface area (Å²) in [5.41, 5.74) is 14.4. The summed E-state index contributed by atoms with van der Waals surface area (Å²) in [7, 11) is 0. The fourth-order valence-electron chi connectivity index (χ4n) is 3.35. The number of aromatic hydroxyl groups is 1. The summed E-state index contributed by atoms with van der Waals surface area (Å²) in [4.78, 5) is 16.2. The first-order valence-corrected chi connectivity index (χ1v) is 8.67. The van der Waals surface area contributed by atoms with E-state index in [1.165, 1.54) is 11.0 Å². The van der Waals surface area contributed by atoms with Crippen LogP contribution >= 0.6 is 0 Å². The third-order valence-corrected chi connectivity index (χ3v) is 4.79. The van der Waals surface area contributed by atoms with Gasteiger partial charge in [0, 0.05) is 35.0 Å². The van der Waals surface area contributed by atoms with Crippen LogP contribution in [0.3, 0.4) is 0 Å². The van der Waals surface area contributed by atoms with Crippen LogP contribution in [0.5, 0.6) is 5.75 Å². The number of aromatic amines is 1. The fraction of sp³-hybridized carbons (Fsp3) is 0.250. The molecule has 2 unspecified atom stereocenters. The first-order valence-electron chi connectivity index (χ1n) is 8.67. The van der Waals surface area contributed by atoms with Crippen molar-refractivity contribution >= 4 is 23.5 Å². The quantitative estimate of drug-likeness (QED) is 0.606. The molecule has 1 amide bonds. The number of hydrogen-bond acceptors (Lipinski definition) is 4. The molecule has 2 heterocycles. The summed E-state index contributed by atoms with van der Waals surface area (Å²) >= 11 is 0. The molecular formula is C20H23FN4O2. The number of phenolic OH excluding ortho intramolecular Hbond substituents is 1. The zero-order valence-electron chi connectivity index (χ0n) is 14.9. The number of carbonyl (C=O) groups excluding carboxylic acids is 1. The molecule has 2 atom stereocenters. The SMILES string of the molecule is C=CC(=O)N1CC(F)C(Cc2cc(/C=C(\N)c3ccccc3O)c(N)[nH]2)C1. The highest BCUT2D eigenvalue weighted by molar-refractivity contribution is 5.87. The number of halogens is 1. The molecule has 0 radical (unpaired) electrons. The van der Waals surface area contributed by atoms with Crippen molar-refractivity contribution in [1.29, 1.82) is 0 Å². The highest BCUT2D eigenvalue weighted by Crippen LogP contribution is 2.28. The predicted molar refractivity (Wildman–Crippen MR) is 104 cm³/mol. The fourth-order valence-corrected chi connectivity index (χ4v) is 3.35. The molecule has 0 saturated carbocycles. The van der Waals surface area contributed by atoms with E-state index < -0.39 is 6.17 Å². The number of carbonyl (C=O) groups is 1. The maximum absolute atomic E-state index is 14.3. The van der Waals surface area contributed by atoms with Crippen molar-refractivity contribution in [3.63, 3.8) is 0 Å². The number of aromatic nitrogens is 1. The van der Waals surface area contributed by atoms with E-state index in [-0.39, 0.29) is 24.1 Å². The van der Waals surface area contributed by atoms with Crippen molar-refractivity contribution in [3.8, 4) is 5.75 Å². The molecule has 142 valence electrons. The minimum absolute atomic E-state index is 0.0820. The molecular weight excluding hydrogens is 347 g/mol. The average molecular weight is 370 g/mol. The van der Waals surface area contributed by atoms with Gasteiger partial charge in [-0.15, -0.1) is 0 Å². The van der Waals surface area contributed by atoms with E-state index in [0.717, 1.165) is 5.69 Å². The van der Waals surface area contributed by atoms with Crippen LogP contribution in [0, 0.1) is 5.92 Å². The Morgan fingerprint density at radius 1 is 1.41 bits per heavy atom. The van der Waals surface area contributed by atoms with E-state index in [2.05, 4.69) is 11.6 Å². The molecule has 1 saturated heterocycles. The van der Waals surface area contributed by atoms with Gasteiger partial charge in [-0.05, 0) is 36.8 Å². The average Bonchev–Trinajstić information content (AvgIpc) is 3.17. The largest absolute Gasteiger partial charge is 0.507 e. The number of hydrogen-bond donors (Lipinski definition) is 4. The number of H-pyrrole nitrogens is 1. The van der Waals surface area contributed by atoms with Crippen molar-refractivity contribution in [1.82, 2.24) is 9.88 Å². The van der Waals surface area contributed by atoms with Crippen molar-refractivity contribution in [3.05, 3.63) is 59.8 Å². The Morgan fingerprint density at radius 2 is 2.15 bits per heavy atom. The minimum Gasteiger partial charge on any atom is -0.507 e. The lowest BCUT2D eigenvalue weighted by Crippen LogP contribution is -2.27. The van der Waals surface area contributed by atoms with Gasteiger partial charge in [0.2, 0.25) is 5.91 Å². The zero-order valence-corrected chi connectivity index (χ0v) is 14.9.